The Balaban J connectivity index is 1.77. The summed E-state index contributed by atoms with van der Waals surface area (Å²) in [4.78, 5) is 5.78. The molecule has 5 rings (SSSR count). The predicted octanol–water partition coefficient (Wildman–Crippen LogP) is 4.25. The van der Waals surface area contributed by atoms with Crippen molar-refractivity contribution in [2.24, 2.45) is 0 Å². The molecule has 0 unspecified atom stereocenters. The van der Waals surface area contributed by atoms with Gasteiger partial charge in [0.2, 0.25) is 12.5 Å². The monoisotopic (exact) mass is 414 g/mol. The third-order valence-corrected chi connectivity index (χ3v) is 5.86. The van der Waals surface area contributed by atoms with Gasteiger partial charge in [-0.05, 0) is 48.9 Å². The van der Waals surface area contributed by atoms with Crippen LogP contribution in [-0.2, 0) is 6.42 Å². The number of benzene rings is 2. The van der Waals surface area contributed by atoms with Crippen LogP contribution < -0.4 is 14.2 Å². The second-order valence-corrected chi connectivity index (χ2v) is 7.70. The molecule has 6 heteroatoms. The number of hydrogen-bond acceptors (Lipinski definition) is 4. The molecule has 0 fully saturated rings. The van der Waals surface area contributed by atoms with E-state index in [1.165, 1.54) is 22.1 Å². The van der Waals surface area contributed by atoms with Gasteiger partial charge in [-0.15, -0.1) is 0 Å². The zero-order valence-electron chi connectivity index (χ0n) is 14.6. The summed E-state index contributed by atoms with van der Waals surface area (Å²) < 4.78 is 18.2. The number of aromatic nitrogens is 1. The number of fused-ring (bicyclic) bond motifs is 3. The fourth-order valence-corrected chi connectivity index (χ4v) is 4.53. The first-order chi connectivity index (χ1) is 12.7. The van der Waals surface area contributed by atoms with E-state index in [2.05, 4.69) is 63.3 Å². The van der Waals surface area contributed by atoms with Gasteiger partial charge >= 0.3 is 0 Å². The first-order valence-electron chi connectivity index (χ1n) is 8.63. The number of methoxy groups -OCH3 is 1. The minimum absolute atomic E-state index is 0.0891. The van der Waals surface area contributed by atoms with Crippen molar-refractivity contribution in [3.8, 4) is 17.2 Å². The number of ether oxygens (including phenoxy) is 3. The standard InChI is InChI=1S/C20H19BrN2O3/c1-23-6-5-11-7-16-19(26-10-25-16)20(24-2)17(11)18(23)14-9-22-15-4-3-12(21)8-13(14)15/h3-4,7-9,18,22H,5-6,10H2,1-2H3/t18-/m1/s1. The fraction of sp³-hybridized carbons (Fsp3) is 0.300. The second-order valence-electron chi connectivity index (χ2n) is 6.78. The van der Waals surface area contributed by atoms with Gasteiger partial charge in [-0.1, -0.05) is 15.9 Å². The van der Waals surface area contributed by atoms with E-state index in [4.69, 9.17) is 14.2 Å². The van der Waals surface area contributed by atoms with E-state index in [1.807, 2.05) is 0 Å². The Morgan fingerprint density at radius 2 is 2.15 bits per heavy atom. The van der Waals surface area contributed by atoms with Gasteiger partial charge in [0.1, 0.15) is 0 Å². The lowest BCUT2D eigenvalue weighted by Crippen LogP contribution is -2.33. The van der Waals surface area contributed by atoms with Gasteiger partial charge in [0.25, 0.3) is 0 Å². The van der Waals surface area contributed by atoms with E-state index < -0.39 is 0 Å². The Morgan fingerprint density at radius 1 is 1.27 bits per heavy atom. The maximum atomic E-state index is 5.82. The smallest absolute Gasteiger partial charge is 0.231 e. The van der Waals surface area contributed by atoms with Crippen LogP contribution in [0.3, 0.4) is 0 Å². The van der Waals surface area contributed by atoms with Crippen LogP contribution in [0.5, 0.6) is 17.2 Å². The fourth-order valence-electron chi connectivity index (χ4n) is 4.17. The average molecular weight is 415 g/mol. The molecular formula is C20H19BrN2O3. The summed E-state index contributed by atoms with van der Waals surface area (Å²) in [5.74, 6) is 2.29. The molecule has 2 aromatic carbocycles. The summed E-state index contributed by atoms with van der Waals surface area (Å²) >= 11 is 3.60. The van der Waals surface area contributed by atoms with Crippen LogP contribution >= 0.6 is 15.9 Å². The summed E-state index contributed by atoms with van der Waals surface area (Å²) in [5, 5.41) is 1.21. The van der Waals surface area contributed by atoms with Gasteiger partial charge in [0.15, 0.2) is 11.5 Å². The van der Waals surface area contributed by atoms with Crippen LogP contribution in [0, 0.1) is 0 Å². The van der Waals surface area contributed by atoms with Gasteiger partial charge in [-0.25, -0.2) is 0 Å². The first-order valence-corrected chi connectivity index (χ1v) is 9.43. The highest BCUT2D eigenvalue weighted by atomic mass is 79.9. The highest BCUT2D eigenvalue weighted by Crippen LogP contribution is 2.51. The van der Waals surface area contributed by atoms with Crippen molar-refractivity contribution in [1.82, 2.24) is 9.88 Å². The molecule has 0 radical (unpaired) electrons. The van der Waals surface area contributed by atoms with Crippen molar-refractivity contribution in [3.05, 3.63) is 51.6 Å². The molecule has 0 amide bonds. The zero-order chi connectivity index (χ0) is 17.8. The molecule has 3 aromatic rings. The summed E-state index contributed by atoms with van der Waals surface area (Å²) in [6.45, 7) is 1.22. The Bertz CT molecular complexity index is 1010. The lowest BCUT2D eigenvalue weighted by Gasteiger charge is -2.35. The lowest BCUT2D eigenvalue weighted by molar-refractivity contribution is 0.171. The van der Waals surface area contributed by atoms with Crippen LogP contribution in [0.25, 0.3) is 10.9 Å². The van der Waals surface area contributed by atoms with E-state index in [0.29, 0.717) is 5.75 Å². The minimum Gasteiger partial charge on any atom is -0.492 e. The molecule has 2 aliphatic heterocycles. The molecule has 3 heterocycles. The molecule has 0 spiro atoms. The van der Waals surface area contributed by atoms with Crippen molar-refractivity contribution < 1.29 is 14.2 Å². The first kappa shape index (κ1) is 16.0. The number of likely N-dealkylation sites (N-methyl/N-ethyl adjacent to an activating group) is 1. The molecule has 26 heavy (non-hydrogen) atoms. The van der Waals surface area contributed by atoms with Gasteiger partial charge < -0.3 is 19.2 Å². The predicted molar refractivity (Wildman–Crippen MR) is 103 cm³/mol. The van der Waals surface area contributed by atoms with Crippen LogP contribution in [0.15, 0.2) is 34.9 Å². The molecule has 0 saturated heterocycles. The molecule has 134 valence electrons. The molecule has 0 aliphatic carbocycles. The number of halogens is 1. The molecule has 1 N–H and O–H groups in total. The molecule has 0 saturated carbocycles. The molecule has 0 bridgehead atoms. The number of nitrogens with zero attached hydrogens (tertiary/aromatic N) is 1. The number of rotatable bonds is 2. The van der Waals surface area contributed by atoms with Gasteiger partial charge in [-0.2, -0.15) is 0 Å². The molecule has 1 atom stereocenters. The van der Waals surface area contributed by atoms with Crippen molar-refractivity contribution in [3.63, 3.8) is 0 Å². The summed E-state index contributed by atoms with van der Waals surface area (Å²) in [6, 6.07) is 8.53. The van der Waals surface area contributed by atoms with E-state index in [1.54, 1.807) is 7.11 Å². The maximum absolute atomic E-state index is 5.82. The molecule has 5 nitrogen and oxygen atoms in total. The Kier molecular flexibility index (Phi) is 3.65. The number of nitrogens with one attached hydrogen (secondary N) is 1. The van der Waals surface area contributed by atoms with Crippen molar-refractivity contribution >= 4 is 26.8 Å². The van der Waals surface area contributed by atoms with Gasteiger partial charge in [0, 0.05) is 33.7 Å². The van der Waals surface area contributed by atoms with E-state index in [-0.39, 0.29) is 12.8 Å². The average Bonchev–Trinajstić information content (AvgIpc) is 3.26. The lowest BCUT2D eigenvalue weighted by atomic mass is 9.87. The largest absolute Gasteiger partial charge is 0.492 e. The molecule has 1 aromatic heterocycles. The van der Waals surface area contributed by atoms with E-state index in [9.17, 15) is 0 Å². The number of aromatic amines is 1. The van der Waals surface area contributed by atoms with Gasteiger partial charge in [-0.3, -0.25) is 4.90 Å². The Morgan fingerprint density at radius 3 is 3.00 bits per heavy atom. The molecule has 2 aliphatic rings. The highest BCUT2D eigenvalue weighted by Gasteiger charge is 2.35. The Labute approximate surface area is 160 Å². The van der Waals surface area contributed by atoms with Crippen LogP contribution in [0.2, 0.25) is 0 Å². The summed E-state index contributed by atoms with van der Waals surface area (Å²) in [5.41, 5.74) is 4.80. The zero-order valence-corrected chi connectivity index (χ0v) is 16.2. The van der Waals surface area contributed by atoms with E-state index in [0.717, 1.165) is 34.5 Å². The number of H-pyrrole nitrogens is 1. The normalized spacial score (nSPS) is 19.0. The highest BCUT2D eigenvalue weighted by molar-refractivity contribution is 9.10. The second kappa shape index (κ2) is 5.93. The quantitative estimate of drug-likeness (QED) is 0.680. The summed E-state index contributed by atoms with van der Waals surface area (Å²) in [7, 11) is 3.86. The van der Waals surface area contributed by atoms with E-state index >= 15 is 0 Å². The minimum atomic E-state index is 0.0891. The molecular weight excluding hydrogens is 396 g/mol. The van der Waals surface area contributed by atoms with Crippen LogP contribution in [-0.4, -0.2) is 37.4 Å². The summed E-state index contributed by atoms with van der Waals surface area (Å²) in [6.07, 6.45) is 3.07. The third kappa shape index (κ3) is 2.25. The topological polar surface area (TPSA) is 46.7 Å². The van der Waals surface area contributed by atoms with Gasteiger partial charge in [0.05, 0.1) is 13.2 Å². The van der Waals surface area contributed by atoms with Crippen molar-refractivity contribution in [1.29, 1.82) is 0 Å². The Hall–Kier alpha value is -2.18. The van der Waals surface area contributed by atoms with Crippen LogP contribution in [0.1, 0.15) is 22.7 Å². The maximum Gasteiger partial charge on any atom is 0.231 e. The van der Waals surface area contributed by atoms with Crippen molar-refractivity contribution in [2.45, 2.75) is 12.5 Å². The van der Waals surface area contributed by atoms with Crippen LogP contribution in [0.4, 0.5) is 0 Å². The SMILES string of the molecule is COc1c2c(cc3c1[C@@H](c1c[nH]c4ccc(Br)cc14)N(C)CC3)OCO2. The third-order valence-electron chi connectivity index (χ3n) is 5.37. The van der Waals surface area contributed by atoms with Crippen molar-refractivity contribution in [2.75, 3.05) is 27.5 Å². The number of hydrogen-bond donors (Lipinski definition) is 1.